The van der Waals surface area contributed by atoms with Gasteiger partial charge in [0, 0.05) is 6.04 Å². The molecule has 2 nitrogen and oxygen atoms in total. The molecular weight excluding hydrogens is 244 g/mol. The Morgan fingerprint density at radius 1 is 1.00 bits per heavy atom. The number of nitrogens with two attached hydrogens (primary N) is 1. The summed E-state index contributed by atoms with van der Waals surface area (Å²) in [5.74, 6) is 8.35. The molecule has 0 aromatic heterocycles. The fourth-order valence-corrected chi connectivity index (χ4v) is 4.33. The summed E-state index contributed by atoms with van der Waals surface area (Å²) in [7, 11) is 0. The number of hydrogen-bond acceptors (Lipinski definition) is 2. The lowest BCUT2D eigenvalue weighted by Gasteiger charge is -2.39. The first-order chi connectivity index (χ1) is 9.78. The van der Waals surface area contributed by atoms with Gasteiger partial charge in [0.15, 0.2) is 0 Å². The van der Waals surface area contributed by atoms with E-state index in [0.29, 0.717) is 12.0 Å². The average molecular weight is 272 g/mol. The molecule has 3 rings (SSSR count). The molecule has 1 aromatic rings. The van der Waals surface area contributed by atoms with E-state index in [1.165, 1.54) is 44.9 Å². The van der Waals surface area contributed by atoms with Gasteiger partial charge in [0.2, 0.25) is 0 Å². The summed E-state index contributed by atoms with van der Waals surface area (Å²) in [6.07, 6.45) is 9.19. The summed E-state index contributed by atoms with van der Waals surface area (Å²) < 4.78 is 0. The molecule has 3 N–H and O–H groups in total. The van der Waals surface area contributed by atoms with Crippen molar-refractivity contribution in [3.63, 3.8) is 0 Å². The number of rotatable bonds is 3. The Hall–Kier alpha value is -0.860. The van der Waals surface area contributed by atoms with E-state index in [1.807, 2.05) is 0 Å². The van der Waals surface area contributed by atoms with Crippen LogP contribution in [0.15, 0.2) is 24.3 Å². The van der Waals surface area contributed by atoms with Crippen molar-refractivity contribution in [2.24, 2.45) is 23.6 Å². The van der Waals surface area contributed by atoms with E-state index >= 15 is 0 Å². The lowest BCUT2D eigenvalue weighted by Crippen LogP contribution is -2.48. The molecule has 20 heavy (non-hydrogen) atoms. The van der Waals surface area contributed by atoms with Crippen LogP contribution in [0.2, 0.25) is 0 Å². The molecule has 2 aliphatic rings. The van der Waals surface area contributed by atoms with Crippen molar-refractivity contribution in [2.45, 2.75) is 57.9 Å². The van der Waals surface area contributed by atoms with Crippen LogP contribution in [0.3, 0.4) is 0 Å². The van der Waals surface area contributed by atoms with Crippen LogP contribution < -0.4 is 11.3 Å². The second-order valence-corrected chi connectivity index (χ2v) is 6.98. The first-order valence-electron chi connectivity index (χ1n) is 8.31. The van der Waals surface area contributed by atoms with Crippen molar-refractivity contribution in [2.75, 3.05) is 0 Å². The molecule has 2 atom stereocenters. The lowest BCUT2D eigenvalue weighted by atomic mass is 9.71. The van der Waals surface area contributed by atoms with Crippen LogP contribution in [0.5, 0.6) is 0 Å². The van der Waals surface area contributed by atoms with Crippen LogP contribution in [0, 0.1) is 17.8 Å². The van der Waals surface area contributed by atoms with Gasteiger partial charge in [-0.25, -0.2) is 0 Å². The van der Waals surface area contributed by atoms with E-state index in [-0.39, 0.29) is 0 Å². The fraction of sp³-hybridized carbons (Fsp3) is 0.667. The summed E-state index contributed by atoms with van der Waals surface area (Å²) in [5, 5.41) is 0. The van der Waals surface area contributed by atoms with Gasteiger partial charge < -0.3 is 0 Å². The van der Waals surface area contributed by atoms with E-state index < -0.39 is 0 Å². The summed E-state index contributed by atoms with van der Waals surface area (Å²) in [6.45, 7) is 2.39. The van der Waals surface area contributed by atoms with Crippen molar-refractivity contribution in [3.05, 3.63) is 35.4 Å². The minimum Gasteiger partial charge on any atom is -0.271 e. The van der Waals surface area contributed by atoms with Crippen LogP contribution in [0.25, 0.3) is 0 Å². The molecule has 1 aromatic carbocycles. The summed E-state index contributed by atoms with van der Waals surface area (Å²) in [6, 6.07) is 9.45. The predicted octanol–water partition coefficient (Wildman–Crippen LogP) is 3.45. The van der Waals surface area contributed by atoms with Crippen molar-refractivity contribution in [3.8, 4) is 0 Å². The van der Waals surface area contributed by atoms with Crippen LogP contribution in [0.4, 0.5) is 0 Å². The molecule has 1 fully saturated rings. The minimum atomic E-state index is 0.510. The second-order valence-electron chi connectivity index (χ2n) is 6.98. The minimum absolute atomic E-state index is 0.510. The molecule has 0 saturated heterocycles. The fourth-order valence-electron chi connectivity index (χ4n) is 4.33. The largest absolute Gasteiger partial charge is 0.271 e. The highest BCUT2D eigenvalue weighted by molar-refractivity contribution is 5.30. The van der Waals surface area contributed by atoms with Gasteiger partial charge in [-0.15, -0.1) is 0 Å². The maximum absolute atomic E-state index is 5.94. The van der Waals surface area contributed by atoms with Crippen molar-refractivity contribution in [1.82, 2.24) is 5.43 Å². The summed E-state index contributed by atoms with van der Waals surface area (Å²) in [5.41, 5.74) is 6.29. The first-order valence-corrected chi connectivity index (χ1v) is 8.31. The van der Waals surface area contributed by atoms with Crippen molar-refractivity contribution < 1.29 is 0 Å². The third kappa shape index (κ3) is 2.91. The zero-order chi connectivity index (χ0) is 13.9. The molecule has 0 radical (unpaired) electrons. The van der Waals surface area contributed by atoms with Crippen LogP contribution >= 0.6 is 0 Å². The molecule has 0 bridgehead atoms. The highest BCUT2D eigenvalue weighted by Crippen LogP contribution is 2.36. The Morgan fingerprint density at radius 2 is 1.70 bits per heavy atom. The SMILES string of the molecule is CC1CCC(C(NN)C2CCc3ccccc3C2)CC1. The summed E-state index contributed by atoms with van der Waals surface area (Å²) >= 11 is 0. The second kappa shape index (κ2) is 6.28. The van der Waals surface area contributed by atoms with E-state index in [1.54, 1.807) is 11.1 Å². The van der Waals surface area contributed by atoms with Gasteiger partial charge in [0.1, 0.15) is 0 Å². The number of aryl methyl sites for hydroxylation is 1. The molecule has 0 aliphatic heterocycles. The monoisotopic (exact) mass is 272 g/mol. The van der Waals surface area contributed by atoms with Crippen LogP contribution in [-0.4, -0.2) is 6.04 Å². The smallest absolute Gasteiger partial charge is 0.0270 e. The van der Waals surface area contributed by atoms with Gasteiger partial charge in [-0.3, -0.25) is 11.3 Å². The Kier molecular flexibility index (Phi) is 4.42. The van der Waals surface area contributed by atoms with Gasteiger partial charge in [-0.2, -0.15) is 0 Å². The van der Waals surface area contributed by atoms with Crippen LogP contribution in [0.1, 0.15) is 50.2 Å². The lowest BCUT2D eigenvalue weighted by molar-refractivity contribution is 0.173. The Bertz CT molecular complexity index is 435. The van der Waals surface area contributed by atoms with E-state index in [9.17, 15) is 0 Å². The standard InChI is InChI=1S/C18H28N2/c1-13-6-8-15(9-7-13)18(20-19)17-11-10-14-4-2-3-5-16(14)12-17/h2-5,13,15,17-18,20H,6-12,19H2,1H3. The van der Waals surface area contributed by atoms with E-state index in [2.05, 4.69) is 36.6 Å². The van der Waals surface area contributed by atoms with Gasteiger partial charge in [-0.05, 0) is 61.0 Å². The van der Waals surface area contributed by atoms with Gasteiger partial charge in [0.25, 0.3) is 0 Å². The summed E-state index contributed by atoms with van der Waals surface area (Å²) in [4.78, 5) is 0. The van der Waals surface area contributed by atoms with Gasteiger partial charge in [-0.1, -0.05) is 44.0 Å². The quantitative estimate of drug-likeness (QED) is 0.653. The molecule has 0 amide bonds. The Morgan fingerprint density at radius 3 is 2.40 bits per heavy atom. The topological polar surface area (TPSA) is 38.0 Å². The highest BCUT2D eigenvalue weighted by Gasteiger charge is 2.33. The Balaban J connectivity index is 1.68. The van der Waals surface area contributed by atoms with Crippen molar-refractivity contribution >= 4 is 0 Å². The van der Waals surface area contributed by atoms with Crippen LogP contribution in [-0.2, 0) is 12.8 Å². The molecule has 2 unspecified atom stereocenters. The number of benzene rings is 1. The normalized spacial score (nSPS) is 31.6. The molecule has 0 heterocycles. The third-order valence-corrected chi connectivity index (χ3v) is 5.65. The molecule has 0 spiro atoms. The molecular formula is C18H28N2. The van der Waals surface area contributed by atoms with E-state index in [0.717, 1.165) is 11.8 Å². The highest BCUT2D eigenvalue weighted by atomic mass is 15.2. The number of fused-ring (bicyclic) bond motifs is 1. The van der Waals surface area contributed by atoms with Gasteiger partial charge >= 0.3 is 0 Å². The molecule has 2 aliphatic carbocycles. The maximum Gasteiger partial charge on any atom is 0.0270 e. The third-order valence-electron chi connectivity index (χ3n) is 5.65. The average Bonchev–Trinajstić information content (AvgIpc) is 2.50. The molecule has 110 valence electrons. The number of hydrogen-bond donors (Lipinski definition) is 2. The van der Waals surface area contributed by atoms with Gasteiger partial charge in [0.05, 0.1) is 0 Å². The number of nitrogens with one attached hydrogen (secondary N) is 1. The van der Waals surface area contributed by atoms with Crippen molar-refractivity contribution in [1.29, 1.82) is 0 Å². The van der Waals surface area contributed by atoms with E-state index in [4.69, 9.17) is 5.84 Å². The zero-order valence-corrected chi connectivity index (χ0v) is 12.6. The zero-order valence-electron chi connectivity index (χ0n) is 12.6. The number of hydrazine groups is 1. The predicted molar refractivity (Wildman–Crippen MR) is 84.2 cm³/mol. The maximum atomic E-state index is 5.94. The molecule has 1 saturated carbocycles. The first kappa shape index (κ1) is 14.1. The molecule has 2 heteroatoms. The Labute approximate surface area is 123 Å².